The highest BCUT2D eigenvalue weighted by atomic mass is 32.2. The van der Waals surface area contributed by atoms with Gasteiger partial charge in [0.2, 0.25) is 10.0 Å². The van der Waals surface area contributed by atoms with Crippen molar-refractivity contribution in [1.29, 1.82) is 0 Å². The summed E-state index contributed by atoms with van der Waals surface area (Å²) in [5.41, 5.74) is 0.576. The molecule has 1 rings (SSSR count). The molecular formula is C13H17NO5S2. The van der Waals surface area contributed by atoms with E-state index in [4.69, 9.17) is 5.11 Å². The molecule has 0 saturated carbocycles. The first kappa shape index (κ1) is 17.7. The molecule has 21 heavy (non-hydrogen) atoms. The van der Waals surface area contributed by atoms with Gasteiger partial charge in [-0.3, -0.25) is 0 Å². The summed E-state index contributed by atoms with van der Waals surface area (Å²) in [6, 6.07) is 5.05. The Balaban J connectivity index is 2.88. The highest BCUT2D eigenvalue weighted by molar-refractivity contribution is 7.91. The van der Waals surface area contributed by atoms with Gasteiger partial charge < -0.3 is 5.11 Å². The summed E-state index contributed by atoms with van der Waals surface area (Å²) in [5, 5.41) is 8.57. The molecule has 0 amide bonds. The van der Waals surface area contributed by atoms with Crippen LogP contribution < -0.4 is 4.72 Å². The third-order valence-corrected chi connectivity index (χ3v) is 5.10. The number of benzene rings is 1. The standard InChI is InChI=1S/C13H17NO5S2/c1-11(10-20(2,16)17)14-21(18,19)13-7-5-12(6-8-13)4-3-9-15/h5-8,11,14-15H,9-10H2,1-2H3. The van der Waals surface area contributed by atoms with Crippen molar-refractivity contribution in [3.63, 3.8) is 0 Å². The first-order valence-corrected chi connectivity index (χ1v) is 9.58. The molecule has 2 N–H and O–H groups in total. The van der Waals surface area contributed by atoms with E-state index in [9.17, 15) is 16.8 Å². The highest BCUT2D eigenvalue weighted by Crippen LogP contribution is 2.11. The Morgan fingerprint density at radius 3 is 2.24 bits per heavy atom. The first-order valence-electron chi connectivity index (χ1n) is 6.04. The summed E-state index contributed by atoms with van der Waals surface area (Å²) in [4.78, 5) is 0.0254. The highest BCUT2D eigenvalue weighted by Gasteiger charge is 2.19. The molecule has 0 aliphatic heterocycles. The zero-order valence-electron chi connectivity index (χ0n) is 11.7. The van der Waals surface area contributed by atoms with Gasteiger partial charge in [-0.15, -0.1) is 0 Å². The van der Waals surface area contributed by atoms with Crippen LogP contribution in [-0.4, -0.2) is 46.6 Å². The minimum absolute atomic E-state index is 0.0254. The van der Waals surface area contributed by atoms with E-state index in [0.29, 0.717) is 5.56 Å². The maximum Gasteiger partial charge on any atom is 0.240 e. The number of rotatable bonds is 5. The second-order valence-corrected chi connectivity index (χ2v) is 8.50. The SMILES string of the molecule is CC(CS(C)(=O)=O)NS(=O)(=O)c1ccc(C#CCO)cc1. The third-order valence-electron chi connectivity index (χ3n) is 2.39. The van der Waals surface area contributed by atoms with E-state index in [-0.39, 0.29) is 17.3 Å². The largest absolute Gasteiger partial charge is 0.384 e. The molecule has 0 radical (unpaired) electrons. The molecular weight excluding hydrogens is 314 g/mol. The van der Waals surface area contributed by atoms with Gasteiger partial charge in [-0.2, -0.15) is 0 Å². The molecule has 8 heteroatoms. The predicted molar refractivity (Wildman–Crippen MR) is 79.9 cm³/mol. The monoisotopic (exact) mass is 331 g/mol. The Morgan fingerprint density at radius 2 is 1.76 bits per heavy atom. The molecule has 6 nitrogen and oxygen atoms in total. The molecule has 0 aromatic heterocycles. The van der Waals surface area contributed by atoms with Gasteiger partial charge in [0.1, 0.15) is 16.4 Å². The number of sulfonamides is 1. The van der Waals surface area contributed by atoms with Crippen molar-refractivity contribution in [3.8, 4) is 11.8 Å². The summed E-state index contributed by atoms with van der Waals surface area (Å²) in [6.45, 7) is 1.21. The Bertz CT molecular complexity index is 740. The van der Waals surface area contributed by atoms with E-state index >= 15 is 0 Å². The lowest BCUT2D eigenvalue weighted by Crippen LogP contribution is -2.37. The van der Waals surface area contributed by atoms with Crippen molar-refractivity contribution in [2.24, 2.45) is 0 Å². The average Bonchev–Trinajstić information content (AvgIpc) is 2.33. The van der Waals surface area contributed by atoms with Crippen LogP contribution in [0.2, 0.25) is 0 Å². The Labute approximate surface area is 125 Å². The van der Waals surface area contributed by atoms with Crippen molar-refractivity contribution in [2.75, 3.05) is 18.6 Å². The molecule has 116 valence electrons. The number of aliphatic hydroxyl groups excluding tert-OH is 1. The normalized spacial score (nSPS) is 13.3. The van der Waals surface area contributed by atoms with Crippen LogP contribution in [-0.2, 0) is 19.9 Å². The van der Waals surface area contributed by atoms with Crippen LogP contribution in [0.1, 0.15) is 12.5 Å². The van der Waals surface area contributed by atoms with Crippen molar-refractivity contribution in [3.05, 3.63) is 29.8 Å². The Morgan fingerprint density at radius 1 is 1.19 bits per heavy atom. The zero-order valence-corrected chi connectivity index (χ0v) is 13.3. The quantitative estimate of drug-likeness (QED) is 0.724. The fourth-order valence-electron chi connectivity index (χ4n) is 1.68. The third kappa shape index (κ3) is 6.27. The van der Waals surface area contributed by atoms with Gasteiger partial charge in [-0.05, 0) is 31.2 Å². The van der Waals surface area contributed by atoms with Crippen LogP contribution in [0.4, 0.5) is 0 Å². The van der Waals surface area contributed by atoms with Gasteiger partial charge in [0.15, 0.2) is 0 Å². The van der Waals surface area contributed by atoms with Crippen LogP contribution in [0.5, 0.6) is 0 Å². The fourth-order valence-corrected chi connectivity index (χ4v) is 4.02. The van der Waals surface area contributed by atoms with Crippen LogP contribution in [0.25, 0.3) is 0 Å². The lowest BCUT2D eigenvalue weighted by Gasteiger charge is -2.13. The zero-order chi connectivity index (χ0) is 16.1. The van der Waals surface area contributed by atoms with E-state index < -0.39 is 25.9 Å². The van der Waals surface area contributed by atoms with E-state index in [1.54, 1.807) is 0 Å². The number of hydrogen-bond donors (Lipinski definition) is 2. The van der Waals surface area contributed by atoms with Gasteiger partial charge in [0, 0.05) is 17.9 Å². The predicted octanol–water partition coefficient (Wildman–Crippen LogP) is -0.258. The molecule has 0 bridgehead atoms. The number of nitrogens with one attached hydrogen (secondary N) is 1. The minimum Gasteiger partial charge on any atom is -0.384 e. The Kier molecular flexibility index (Phi) is 5.92. The van der Waals surface area contributed by atoms with E-state index in [1.807, 2.05) is 0 Å². The van der Waals surface area contributed by atoms with E-state index in [0.717, 1.165) is 6.26 Å². The number of aliphatic hydroxyl groups is 1. The lowest BCUT2D eigenvalue weighted by atomic mass is 10.2. The number of hydrogen-bond acceptors (Lipinski definition) is 5. The second-order valence-electron chi connectivity index (χ2n) is 4.60. The van der Waals surface area contributed by atoms with Gasteiger partial charge in [-0.25, -0.2) is 21.6 Å². The number of sulfone groups is 1. The topological polar surface area (TPSA) is 101 Å². The summed E-state index contributed by atoms with van der Waals surface area (Å²) < 4.78 is 48.7. The van der Waals surface area contributed by atoms with E-state index in [2.05, 4.69) is 16.6 Å². The fraction of sp³-hybridized carbons (Fsp3) is 0.385. The smallest absolute Gasteiger partial charge is 0.240 e. The van der Waals surface area contributed by atoms with E-state index in [1.165, 1.54) is 31.2 Å². The molecule has 0 saturated heterocycles. The maximum absolute atomic E-state index is 12.1. The summed E-state index contributed by atoms with van der Waals surface area (Å²) >= 11 is 0. The molecule has 0 aliphatic rings. The molecule has 0 aliphatic carbocycles. The first-order chi connectivity index (χ1) is 9.64. The van der Waals surface area contributed by atoms with Crippen molar-refractivity contribution >= 4 is 19.9 Å². The van der Waals surface area contributed by atoms with Gasteiger partial charge in [0.05, 0.1) is 10.6 Å². The lowest BCUT2D eigenvalue weighted by molar-refractivity contribution is 0.350. The molecule has 0 fully saturated rings. The molecule has 1 unspecified atom stereocenters. The second kappa shape index (κ2) is 7.04. The summed E-state index contributed by atoms with van der Waals surface area (Å²) in [6.07, 6.45) is 1.05. The molecule has 1 atom stereocenters. The summed E-state index contributed by atoms with van der Waals surface area (Å²) in [7, 11) is -7.04. The molecule has 1 aromatic carbocycles. The van der Waals surface area contributed by atoms with Crippen molar-refractivity contribution < 1.29 is 21.9 Å². The van der Waals surface area contributed by atoms with Crippen LogP contribution >= 0.6 is 0 Å². The van der Waals surface area contributed by atoms with Crippen LogP contribution in [0.15, 0.2) is 29.2 Å². The summed E-state index contributed by atoms with van der Waals surface area (Å²) in [5.74, 6) is 4.83. The molecule has 1 aromatic rings. The average molecular weight is 331 g/mol. The van der Waals surface area contributed by atoms with Gasteiger partial charge in [0.25, 0.3) is 0 Å². The van der Waals surface area contributed by atoms with Crippen LogP contribution in [0, 0.1) is 11.8 Å². The maximum atomic E-state index is 12.1. The Hall–Kier alpha value is -1.40. The van der Waals surface area contributed by atoms with Crippen molar-refractivity contribution in [2.45, 2.75) is 17.9 Å². The van der Waals surface area contributed by atoms with Gasteiger partial charge >= 0.3 is 0 Å². The van der Waals surface area contributed by atoms with Crippen molar-refractivity contribution in [1.82, 2.24) is 4.72 Å². The van der Waals surface area contributed by atoms with Gasteiger partial charge in [-0.1, -0.05) is 11.8 Å². The molecule has 0 heterocycles. The van der Waals surface area contributed by atoms with Crippen LogP contribution in [0.3, 0.4) is 0 Å². The molecule has 0 spiro atoms. The minimum atomic E-state index is -3.78.